The molecule has 0 rings (SSSR count). The predicted octanol–water partition coefficient (Wildman–Crippen LogP) is 1.10. The molecule has 2 unspecified atom stereocenters. The minimum atomic E-state index is -3.43. The molecule has 108 valence electrons. The monoisotopic (exact) mass is 280 g/mol. The van der Waals surface area contributed by atoms with Crippen LogP contribution in [0, 0.1) is 5.92 Å². The van der Waals surface area contributed by atoms with Gasteiger partial charge in [0.2, 0.25) is 0 Å². The SMILES string of the molecule is CCCNS(=O)(=O)NC(C)CCCC(C)C(=O)O. The first kappa shape index (κ1) is 17.3. The molecule has 0 aliphatic heterocycles. The van der Waals surface area contributed by atoms with Gasteiger partial charge < -0.3 is 5.11 Å². The van der Waals surface area contributed by atoms with Crippen LogP contribution in [0.3, 0.4) is 0 Å². The van der Waals surface area contributed by atoms with Gasteiger partial charge in [-0.1, -0.05) is 20.3 Å². The van der Waals surface area contributed by atoms with Crippen molar-refractivity contribution in [2.24, 2.45) is 5.92 Å². The Morgan fingerprint density at radius 2 is 1.89 bits per heavy atom. The molecule has 0 aliphatic rings. The zero-order valence-corrected chi connectivity index (χ0v) is 12.1. The minimum absolute atomic E-state index is 0.194. The van der Waals surface area contributed by atoms with E-state index in [-0.39, 0.29) is 12.0 Å². The second-order valence-corrected chi connectivity index (χ2v) is 6.12. The molecule has 0 aromatic rings. The van der Waals surface area contributed by atoms with E-state index >= 15 is 0 Å². The zero-order valence-electron chi connectivity index (χ0n) is 11.3. The van der Waals surface area contributed by atoms with Gasteiger partial charge in [-0.15, -0.1) is 0 Å². The summed E-state index contributed by atoms with van der Waals surface area (Å²) in [4.78, 5) is 10.6. The van der Waals surface area contributed by atoms with Crippen molar-refractivity contribution in [3.05, 3.63) is 0 Å². The first-order valence-corrected chi connectivity index (χ1v) is 7.76. The molecule has 7 heteroatoms. The van der Waals surface area contributed by atoms with E-state index in [1.54, 1.807) is 13.8 Å². The molecule has 2 atom stereocenters. The van der Waals surface area contributed by atoms with Crippen LogP contribution in [0.2, 0.25) is 0 Å². The molecule has 0 spiro atoms. The van der Waals surface area contributed by atoms with Crippen LogP contribution in [0.15, 0.2) is 0 Å². The van der Waals surface area contributed by atoms with Crippen molar-refractivity contribution in [1.82, 2.24) is 9.44 Å². The smallest absolute Gasteiger partial charge is 0.306 e. The summed E-state index contributed by atoms with van der Waals surface area (Å²) >= 11 is 0. The highest BCUT2D eigenvalue weighted by atomic mass is 32.2. The molecule has 0 bridgehead atoms. The van der Waals surface area contributed by atoms with E-state index < -0.39 is 16.2 Å². The van der Waals surface area contributed by atoms with Crippen molar-refractivity contribution in [2.75, 3.05) is 6.54 Å². The summed E-state index contributed by atoms with van der Waals surface area (Å²) < 4.78 is 27.9. The summed E-state index contributed by atoms with van der Waals surface area (Å²) in [5, 5.41) is 8.71. The Morgan fingerprint density at radius 3 is 2.39 bits per heavy atom. The van der Waals surface area contributed by atoms with Crippen LogP contribution in [-0.2, 0) is 15.0 Å². The number of nitrogens with one attached hydrogen (secondary N) is 2. The molecule has 0 aliphatic carbocycles. The molecule has 0 aromatic heterocycles. The summed E-state index contributed by atoms with van der Waals surface area (Å²) in [7, 11) is -3.43. The lowest BCUT2D eigenvalue weighted by Gasteiger charge is -2.15. The zero-order chi connectivity index (χ0) is 14.2. The van der Waals surface area contributed by atoms with Gasteiger partial charge in [0.1, 0.15) is 0 Å². The Morgan fingerprint density at radius 1 is 1.28 bits per heavy atom. The standard InChI is InChI=1S/C11H24N2O4S/c1-4-8-12-18(16,17)13-10(3)7-5-6-9(2)11(14)15/h9-10,12-13H,4-8H2,1-3H3,(H,14,15). The number of aliphatic carboxylic acids is 1. The first-order valence-electron chi connectivity index (χ1n) is 6.28. The van der Waals surface area contributed by atoms with E-state index in [0.717, 1.165) is 6.42 Å². The van der Waals surface area contributed by atoms with Crippen molar-refractivity contribution in [1.29, 1.82) is 0 Å². The van der Waals surface area contributed by atoms with E-state index in [1.807, 2.05) is 6.92 Å². The molecule has 0 aromatic carbocycles. The fourth-order valence-electron chi connectivity index (χ4n) is 1.46. The highest BCUT2D eigenvalue weighted by Crippen LogP contribution is 2.09. The Hall–Kier alpha value is -0.660. The van der Waals surface area contributed by atoms with Gasteiger partial charge in [-0.2, -0.15) is 13.1 Å². The summed E-state index contributed by atoms with van der Waals surface area (Å²) in [6, 6.07) is -0.194. The van der Waals surface area contributed by atoms with Crippen LogP contribution >= 0.6 is 0 Å². The number of carbonyl (C=O) groups is 1. The molecular weight excluding hydrogens is 256 g/mol. The number of carboxylic acid groups (broad SMARTS) is 1. The van der Waals surface area contributed by atoms with Gasteiger partial charge in [-0.25, -0.2) is 4.72 Å². The van der Waals surface area contributed by atoms with Gasteiger partial charge in [0.25, 0.3) is 10.2 Å². The molecule has 0 saturated heterocycles. The maximum Gasteiger partial charge on any atom is 0.306 e. The molecule has 3 N–H and O–H groups in total. The highest BCUT2D eigenvalue weighted by molar-refractivity contribution is 7.87. The lowest BCUT2D eigenvalue weighted by molar-refractivity contribution is -0.141. The van der Waals surface area contributed by atoms with Gasteiger partial charge in [-0.05, 0) is 26.2 Å². The number of rotatable bonds is 10. The first-order chi connectivity index (χ1) is 8.28. The lowest BCUT2D eigenvalue weighted by atomic mass is 10.0. The highest BCUT2D eigenvalue weighted by Gasteiger charge is 2.15. The van der Waals surface area contributed by atoms with Gasteiger partial charge in [0, 0.05) is 12.6 Å². The van der Waals surface area contributed by atoms with Crippen LogP contribution < -0.4 is 9.44 Å². The molecule has 0 radical (unpaired) electrons. The third kappa shape index (κ3) is 8.43. The fraction of sp³-hybridized carbons (Fsp3) is 0.909. The molecule has 0 fully saturated rings. The third-order valence-electron chi connectivity index (χ3n) is 2.59. The van der Waals surface area contributed by atoms with E-state index in [4.69, 9.17) is 5.11 Å². The summed E-state index contributed by atoms with van der Waals surface area (Å²) in [5.74, 6) is -1.19. The van der Waals surface area contributed by atoms with Crippen molar-refractivity contribution < 1.29 is 18.3 Å². The number of carboxylic acids is 1. The lowest BCUT2D eigenvalue weighted by Crippen LogP contribution is -2.41. The van der Waals surface area contributed by atoms with Crippen molar-refractivity contribution >= 4 is 16.2 Å². The average Bonchev–Trinajstić information content (AvgIpc) is 2.25. The average molecular weight is 280 g/mol. The Balaban J connectivity index is 3.90. The summed E-state index contributed by atoms with van der Waals surface area (Å²) in [5.41, 5.74) is 0. The Bertz CT molecular complexity index is 343. The second-order valence-electron chi connectivity index (χ2n) is 4.59. The molecular formula is C11H24N2O4S. The largest absolute Gasteiger partial charge is 0.481 e. The van der Waals surface area contributed by atoms with Crippen LogP contribution in [0.4, 0.5) is 0 Å². The minimum Gasteiger partial charge on any atom is -0.481 e. The van der Waals surface area contributed by atoms with Crippen molar-refractivity contribution in [2.45, 2.75) is 52.5 Å². The van der Waals surface area contributed by atoms with Gasteiger partial charge in [0.05, 0.1) is 5.92 Å². The molecule has 18 heavy (non-hydrogen) atoms. The third-order valence-corrected chi connectivity index (χ3v) is 3.89. The maximum atomic E-state index is 11.5. The topological polar surface area (TPSA) is 95.5 Å². The summed E-state index contributed by atoms with van der Waals surface area (Å²) in [6.45, 7) is 5.73. The van der Waals surface area contributed by atoms with Gasteiger partial charge >= 0.3 is 5.97 Å². The van der Waals surface area contributed by atoms with Crippen molar-refractivity contribution in [3.8, 4) is 0 Å². The van der Waals surface area contributed by atoms with E-state index in [2.05, 4.69) is 9.44 Å². The van der Waals surface area contributed by atoms with Gasteiger partial charge in [-0.3, -0.25) is 4.79 Å². The van der Waals surface area contributed by atoms with Crippen LogP contribution in [0.1, 0.15) is 46.5 Å². The summed E-state index contributed by atoms with van der Waals surface area (Å²) in [6.07, 6.45) is 2.62. The molecule has 6 nitrogen and oxygen atoms in total. The molecule has 0 saturated carbocycles. The molecule has 0 amide bonds. The maximum absolute atomic E-state index is 11.5. The van der Waals surface area contributed by atoms with Crippen molar-refractivity contribution in [3.63, 3.8) is 0 Å². The normalized spacial score (nSPS) is 15.3. The van der Waals surface area contributed by atoms with Crippen LogP contribution in [-0.4, -0.2) is 32.1 Å². The molecule has 0 heterocycles. The Labute approximate surface area is 109 Å². The van der Waals surface area contributed by atoms with Gasteiger partial charge in [0.15, 0.2) is 0 Å². The van der Waals surface area contributed by atoms with E-state index in [1.165, 1.54) is 0 Å². The van der Waals surface area contributed by atoms with E-state index in [0.29, 0.717) is 25.8 Å². The Kier molecular flexibility index (Phi) is 8.13. The second kappa shape index (κ2) is 8.44. The predicted molar refractivity (Wildman–Crippen MR) is 70.5 cm³/mol. The van der Waals surface area contributed by atoms with Crippen LogP contribution in [0.25, 0.3) is 0 Å². The number of hydrogen-bond acceptors (Lipinski definition) is 3. The quantitative estimate of drug-likeness (QED) is 0.558. The van der Waals surface area contributed by atoms with E-state index in [9.17, 15) is 13.2 Å². The number of hydrogen-bond donors (Lipinski definition) is 3. The fourth-order valence-corrected chi connectivity index (χ4v) is 2.66. The van der Waals surface area contributed by atoms with Crippen LogP contribution in [0.5, 0.6) is 0 Å².